The van der Waals surface area contributed by atoms with E-state index in [0.717, 1.165) is 5.56 Å². The van der Waals surface area contributed by atoms with Crippen LogP contribution in [0.4, 0.5) is 0 Å². The summed E-state index contributed by atoms with van der Waals surface area (Å²) in [5.41, 5.74) is 1.06. The molecule has 0 radical (unpaired) electrons. The van der Waals surface area contributed by atoms with Crippen LogP contribution in [0.5, 0.6) is 0 Å². The fraction of sp³-hybridized carbons (Fsp3) is 0.562. The number of hydrogen-bond donors (Lipinski definition) is 1. The topological polar surface area (TPSA) is 53.0 Å². The van der Waals surface area contributed by atoms with Gasteiger partial charge in [-0.3, -0.25) is 4.79 Å². The molecule has 0 bridgehead atoms. The predicted octanol–water partition coefficient (Wildman–Crippen LogP) is 0.584. The Balaban J connectivity index is 1.79. The number of amides is 1. The molecular formula is C16H24N2O3. The van der Waals surface area contributed by atoms with Crippen LogP contribution in [0.25, 0.3) is 0 Å². The van der Waals surface area contributed by atoms with E-state index in [2.05, 4.69) is 4.90 Å². The Morgan fingerprint density at radius 1 is 1.33 bits per heavy atom. The van der Waals surface area contributed by atoms with Crippen LogP contribution >= 0.6 is 0 Å². The molecule has 0 saturated carbocycles. The third-order valence-corrected chi connectivity index (χ3v) is 3.99. The van der Waals surface area contributed by atoms with Gasteiger partial charge in [0.25, 0.3) is 0 Å². The van der Waals surface area contributed by atoms with E-state index in [1.54, 1.807) is 4.90 Å². The van der Waals surface area contributed by atoms with Crippen LogP contribution in [0.15, 0.2) is 30.3 Å². The maximum absolute atomic E-state index is 12.2. The van der Waals surface area contributed by atoms with Crippen molar-refractivity contribution in [3.63, 3.8) is 0 Å². The molecule has 1 amide bonds. The lowest BCUT2D eigenvalue weighted by molar-refractivity contribution is -0.135. The zero-order valence-electron chi connectivity index (χ0n) is 12.7. The molecule has 1 heterocycles. The van der Waals surface area contributed by atoms with Gasteiger partial charge in [-0.2, -0.15) is 0 Å². The first kappa shape index (κ1) is 15.9. The second-order valence-corrected chi connectivity index (χ2v) is 5.75. The quantitative estimate of drug-likeness (QED) is 0.833. The molecule has 0 spiro atoms. The molecule has 1 saturated heterocycles. The van der Waals surface area contributed by atoms with E-state index in [0.29, 0.717) is 19.7 Å². The first-order chi connectivity index (χ1) is 10.1. The number of carbonyl (C=O) groups excluding carboxylic acids is 1. The lowest BCUT2D eigenvalue weighted by atomic mass is 10.0. The average molecular weight is 292 g/mol. The highest BCUT2D eigenvalue weighted by molar-refractivity contribution is 5.77. The Bertz CT molecular complexity index is 450. The lowest BCUT2D eigenvalue weighted by Gasteiger charge is -2.23. The molecule has 1 aliphatic heterocycles. The van der Waals surface area contributed by atoms with Gasteiger partial charge >= 0.3 is 0 Å². The van der Waals surface area contributed by atoms with Crippen molar-refractivity contribution in [1.29, 1.82) is 0 Å². The summed E-state index contributed by atoms with van der Waals surface area (Å²) in [6, 6.07) is 10.0. The number of carbonyl (C=O) groups is 1. The smallest absolute Gasteiger partial charge is 0.248 e. The highest BCUT2D eigenvalue weighted by atomic mass is 16.5. The van der Waals surface area contributed by atoms with Crippen molar-refractivity contribution < 1.29 is 14.6 Å². The minimum atomic E-state index is -0.00580. The third kappa shape index (κ3) is 4.27. The Hall–Kier alpha value is -1.43. The molecule has 116 valence electrons. The maximum atomic E-state index is 12.2. The second-order valence-electron chi connectivity index (χ2n) is 5.75. The van der Waals surface area contributed by atoms with Gasteiger partial charge in [-0.15, -0.1) is 0 Å². The van der Waals surface area contributed by atoms with Gasteiger partial charge in [0.05, 0.1) is 6.61 Å². The number of hydrogen-bond acceptors (Lipinski definition) is 4. The monoisotopic (exact) mass is 292 g/mol. The van der Waals surface area contributed by atoms with Gasteiger partial charge < -0.3 is 19.6 Å². The first-order valence-electron chi connectivity index (χ1n) is 7.28. The summed E-state index contributed by atoms with van der Waals surface area (Å²) in [6.07, 6.45) is 0. The van der Waals surface area contributed by atoms with E-state index < -0.39 is 0 Å². The van der Waals surface area contributed by atoms with E-state index in [9.17, 15) is 9.90 Å². The summed E-state index contributed by atoms with van der Waals surface area (Å²) in [6.45, 7) is 1.91. The highest BCUT2D eigenvalue weighted by Gasteiger charge is 2.35. The molecule has 1 aromatic carbocycles. The van der Waals surface area contributed by atoms with Crippen LogP contribution in [0, 0.1) is 5.92 Å². The van der Waals surface area contributed by atoms with Crippen LogP contribution in [-0.4, -0.2) is 67.3 Å². The number of nitrogens with zero attached hydrogens (tertiary/aromatic N) is 2. The Morgan fingerprint density at radius 3 is 2.62 bits per heavy atom. The fourth-order valence-corrected chi connectivity index (χ4v) is 2.74. The maximum Gasteiger partial charge on any atom is 0.248 e. The molecule has 1 fully saturated rings. The summed E-state index contributed by atoms with van der Waals surface area (Å²) in [7, 11) is 3.96. The van der Waals surface area contributed by atoms with Gasteiger partial charge in [-0.05, 0) is 19.7 Å². The van der Waals surface area contributed by atoms with Crippen LogP contribution in [-0.2, 0) is 16.1 Å². The molecular weight excluding hydrogens is 268 g/mol. The number of aliphatic hydroxyl groups excluding tert-OH is 1. The minimum absolute atomic E-state index is 0.00580. The summed E-state index contributed by atoms with van der Waals surface area (Å²) in [4.78, 5) is 16.0. The predicted molar refractivity (Wildman–Crippen MR) is 80.7 cm³/mol. The number of rotatable bonds is 6. The molecule has 0 aliphatic carbocycles. The first-order valence-corrected chi connectivity index (χ1v) is 7.28. The van der Waals surface area contributed by atoms with Crippen molar-refractivity contribution in [3.05, 3.63) is 35.9 Å². The Labute approximate surface area is 126 Å². The number of benzene rings is 1. The van der Waals surface area contributed by atoms with E-state index >= 15 is 0 Å². The highest BCUT2D eigenvalue weighted by Crippen LogP contribution is 2.20. The number of ether oxygens (including phenoxy) is 1. The van der Waals surface area contributed by atoms with E-state index in [1.165, 1.54) is 0 Å². The summed E-state index contributed by atoms with van der Waals surface area (Å²) < 4.78 is 5.49. The van der Waals surface area contributed by atoms with Crippen LogP contribution in [0.3, 0.4) is 0 Å². The fourth-order valence-electron chi connectivity index (χ4n) is 2.74. The van der Waals surface area contributed by atoms with Gasteiger partial charge in [0, 0.05) is 31.7 Å². The molecule has 1 N–H and O–H groups in total. The van der Waals surface area contributed by atoms with Gasteiger partial charge in [-0.1, -0.05) is 30.3 Å². The lowest BCUT2D eigenvalue weighted by Crippen LogP contribution is -2.37. The Morgan fingerprint density at radius 2 is 2.05 bits per heavy atom. The zero-order chi connectivity index (χ0) is 15.2. The van der Waals surface area contributed by atoms with Gasteiger partial charge in [-0.25, -0.2) is 0 Å². The minimum Gasteiger partial charge on any atom is -0.396 e. The van der Waals surface area contributed by atoms with Crippen molar-refractivity contribution in [2.24, 2.45) is 5.92 Å². The van der Waals surface area contributed by atoms with Gasteiger partial charge in [0.2, 0.25) is 5.91 Å². The molecule has 2 rings (SSSR count). The standard InChI is InChI=1S/C16H24N2O3/c1-17(2)15-9-18(8-14(15)10-19)16(20)12-21-11-13-6-4-3-5-7-13/h3-7,14-15,19H,8-12H2,1-2H3/t14-,15+/m0/s1. The van der Waals surface area contributed by atoms with Crippen LogP contribution < -0.4 is 0 Å². The van der Waals surface area contributed by atoms with Crippen LogP contribution in [0.2, 0.25) is 0 Å². The van der Waals surface area contributed by atoms with Crippen molar-refractivity contribution in [2.45, 2.75) is 12.6 Å². The summed E-state index contributed by atoms with van der Waals surface area (Å²) in [5, 5.41) is 9.41. The van der Waals surface area contributed by atoms with Crippen molar-refractivity contribution in [1.82, 2.24) is 9.80 Å². The van der Waals surface area contributed by atoms with E-state index in [4.69, 9.17) is 4.74 Å². The van der Waals surface area contributed by atoms with Crippen LogP contribution in [0.1, 0.15) is 5.56 Å². The summed E-state index contributed by atoms with van der Waals surface area (Å²) in [5.74, 6) is 0.117. The van der Waals surface area contributed by atoms with Crippen molar-refractivity contribution >= 4 is 5.91 Å². The van der Waals surface area contributed by atoms with Crippen molar-refractivity contribution in [3.8, 4) is 0 Å². The molecule has 0 unspecified atom stereocenters. The zero-order valence-corrected chi connectivity index (χ0v) is 12.7. The number of likely N-dealkylation sites (tertiary alicyclic amines) is 1. The molecule has 0 aromatic heterocycles. The SMILES string of the molecule is CN(C)[C@@H]1CN(C(=O)COCc2ccccc2)C[C@H]1CO. The van der Waals surface area contributed by atoms with Gasteiger partial charge in [0.15, 0.2) is 0 Å². The van der Waals surface area contributed by atoms with E-state index in [-0.39, 0.29) is 31.1 Å². The summed E-state index contributed by atoms with van der Waals surface area (Å²) >= 11 is 0. The van der Waals surface area contributed by atoms with E-state index in [1.807, 2.05) is 44.4 Å². The normalized spacial score (nSPS) is 22.0. The number of aliphatic hydroxyl groups is 1. The second kappa shape index (κ2) is 7.54. The largest absolute Gasteiger partial charge is 0.396 e. The molecule has 5 heteroatoms. The molecule has 1 aromatic rings. The van der Waals surface area contributed by atoms with Gasteiger partial charge in [0.1, 0.15) is 6.61 Å². The Kier molecular flexibility index (Phi) is 5.73. The molecule has 5 nitrogen and oxygen atoms in total. The number of likely N-dealkylation sites (N-methyl/N-ethyl adjacent to an activating group) is 1. The molecule has 1 aliphatic rings. The average Bonchev–Trinajstić information content (AvgIpc) is 2.93. The van der Waals surface area contributed by atoms with Crippen molar-refractivity contribution in [2.75, 3.05) is 40.4 Å². The molecule has 2 atom stereocenters. The molecule has 21 heavy (non-hydrogen) atoms. The third-order valence-electron chi connectivity index (χ3n) is 3.99.